The van der Waals surface area contributed by atoms with Crippen molar-refractivity contribution in [3.8, 4) is 22.9 Å². The monoisotopic (exact) mass is 548 g/mol. The average molecular weight is 549 g/mol. The number of benzene rings is 3. The van der Waals surface area contributed by atoms with E-state index in [0.717, 1.165) is 35.1 Å². The SMILES string of the molecule is CC[C@@]12CC[C@@H](c3ccc(-c4ccc(OC)c(C#N)c4)cc3Cl)[C@H](c3ccc(Cl)cc3)[C@@H]1[C@@H](CO)NC2=O. The number of carbonyl (C=O) groups excluding carboxylic acids is 1. The first-order valence-corrected chi connectivity index (χ1v) is 13.7. The molecule has 0 radical (unpaired) electrons. The second-order valence-corrected chi connectivity index (χ2v) is 11.1. The number of hydrogen-bond donors (Lipinski definition) is 2. The van der Waals surface area contributed by atoms with Crippen molar-refractivity contribution in [3.05, 3.63) is 87.4 Å². The summed E-state index contributed by atoms with van der Waals surface area (Å²) in [7, 11) is 1.55. The van der Waals surface area contributed by atoms with Crippen molar-refractivity contribution < 1.29 is 14.6 Å². The Labute approximate surface area is 233 Å². The van der Waals surface area contributed by atoms with Crippen LogP contribution in [0.3, 0.4) is 0 Å². The van der Waals surface area contributed by atoms with Crippen LogP contribution < -0.4 is 10.1 Å². The van der Waals surface area contributed by atoms with Gasteiger partial charge in [0.25, 0.3) is 0 Å². The molecule has 1 saturated carbocycles. The van der Waals surface area contributed by atoms with E-state index in [1.54, 1.807) is 19.2 Å². The van der Waals surface area contributed by atoms with E-state index in [4.69, 9.17) is 27.9 Å². The first kappa shape index (κ1) is 26.6. The number of nitrogens with zero attached hydrogens (tertiary/aromatic N) is 1. The normalized spacial score (nSPS) is 26.4. The molecule has 7 heteroatoms. The number of rotatable bonds is 6. The summed E-state index contributed by atoms with van der Waals surface area (Å²) in [6.45, 7) is 1.96. The third-order valence-corrected chi connectivity index (χ3v) is 9.28. The smallest absolute Gasteiger partial charge is 0.226 e. The van der Waals surface area contributed by atoms with Crippen LogP contribution in [0, 0.1) is 22.7 Å². The predicted molar refractivity (Wildman–Crippen MR) is 150 cm³/mol. The van der Waals surface area contributed by atoms with Crippen LogP contribution >= 0.6 is 23.2 Å². The molecule has 1 amide bonds. The van der Waals surface area contributed by atoms with E-state index in [2.05, 4.69) is 24.4 Å². The number of aliphatic hydroxyl groups excluding tert-OH is 1. The topological polar surface area (TPSA) is 82.3 Å². The van der Waals surface area contributed by atoms with Crippen LogP contribution in [0.25, 0.3) is 11.1 Å². The Morgan fingerprint density at radius 2 is 1.82 bits per heavy atom. The Bertz CT molecular complexity index is 1400. The summed E-state index contributed by atoms with van der Waals surface area (Å²) in [5.74, 6) is 0.502. The Kier molecular flexibility index (Phi) is 7.42. The number of ether oxygens (including phenoxy) is 1. The van der Waals surface area contributed by atoms with Gasteiger partial charge in [0.1, 0.15) is 11.8 Å². The number of amides is 1. The van der Waals surface area contributed by atoms with Crippen molar-refractivity contribution >= 4 is 29.1 Å². The maximum atomic E-state index is 13.3. The van der Waals surface area contributed by atoms with Gasteiger partial charge in [-0.05, 0) is 83.7 Å². The first-order chi connectivity index (χ1) is 18.4. The number of nitriles is 1. The summed E-state index contributed by atoms with van der Waals surface area (Å²) < 4.78 is 5.28. The molecule has 2 fully saturated rings. The Morgan fingerprint density at radius 3 is 2.45 bits per heavy atom. The highest BCUT2D eigenvalue weighted by atomic mass is 35.5. The van der Waals surface area contributed by atoms with E-state index in [1.807, 2.05) is 42.5 Å². The van der Waals surface area contributed by atoms with Gasteiger partial charge in [0, 0.05) is 16.0 Å². The number of aliphatic hydroxyl groups is 1. The van der Waals surface area contributed by atoms with Gasteiger partial charge in [-0.15, -0.1) is 0 Å². The van der Waals surface area contributed by atoms with Gasteiger partial charge in [-0.3, -0.25) is 4.79 Å². The lowest BCUT2D eigenvalue weighted by molar-refractivity contribution is -0.131. The lowest BCUT2D eigenvalue weighted by atomic mass is 9.54. The van der Waals surface area contributed by atoms with Crippen LogP contribution in [0.15, 0.2) is 60.7 Å². The number of methoxy groups -OCH3 is 1. The van der Waals surface area contributed by atoms with Crippen molar-refractivity contribution in [3.63, 3.8) is 0 Å². The van der Waals surface area contributed by atoms with Crippen LogP contribution in [0.2, 0.25) is 10.0 Å². The fraction of sp³-hybridized carbons (Fsp3) is 0.355. The van der Waals surface area contributed by atoms with Gasteiger partial charge in [0.2, 0.25) is 5.91 Å². The van der Waals surface area contributed by atoms with E-state index in [1.165, 1.54) is 0 Å². The molecule has 0 spiro atoms. The molecule has 3 aromatic carbocycles. The molecule has 3 aromatic rings. The lowest BCUT2D eigenvalue weighted by Crippen LogP contribution is -2.45. The number of carbonyl (C=O) groups is 1. The molecule has 2 N–H and O–H groups in total. The number of fused-ring (bicyclic) bond motifs is 1. The minimum Gasteiger partial charge on any atom is -0.495 e. The minimum absolute atomic E-state index is 0.0356. The van der Waals surface area contributed by atoms with Crippen LogP contribution in [0.4, 0.5) is 0 Å². The summed E-state index contributed by atoms with van der Waals surface area (Å²) in [6, 6.07) is 21.3. The summed E-state index contributed by atoms with van der Waals surface area (Å²) in [5.41, 5.74) is 3.83. The predicted octanol–water partition coefficient (Wildman–Crippen LogP) is 6.71. The van der Waals surface area contributed by atoms with Gasteiger partial charge < -0.3 is 15.2 Å². The second kappa shape index (κ2) is 10.6. The van der Waals surface area contributed by atoms with Crippen molar-refractivity contribution in [1.82, 2.24) is 5.32 Å². The summed E-state index contributed by atoms with van der Waals surface area (Å²) in [6.07, 6.45) is 2.24. The summed E-state index contributed by atoms with van der Waals surface area (Å²) in [4.78, 5) is 13.3. The van der Waals surface area contributed by atoms with E-state index in [-0.39, 0.29) is 36.3 Å². The van der Waals surface area contributed by atoms with Gasteiger partial charge >= 0.3 is 0 Å². The maximum Gasteiger partial charge on any atom is 0.226 e. The molecule has 1 saturated heterocycles. The molecule has 0 bridgehead atoms. The molecule has 5 atom stereocenters. The maximum absolute atomic E-state index is 13.3. The number of hydrogen-bond acceptors (Lipinski definition) is 4. The van der Waals surface area contributed by atoms with E-state index >= 15 is 0 Å². The molecule has 0 unspecified atom stereocenters. The molecular formula is C31H30Cl2N2O3. The third-order valence-electron chi connectivity index (χ3n) is 8.70. The Morgan fingerprint density at radius 1 is 1.11 bits per heavy atom. The zero-order valence-corrected chi connectivity index (χ0v) is 22.9. The van der Waals surface area contributed by atoms with Crippen LogP contribution in [0.1, 0.15) is 54.7 Å². The van der Waals surface area contributed by atoms with Crippen LogP contribution in [0.5, 0.6) is 5.75 Å². The van der Waals surface area contributed by atoms with Crippen molar-refractivity contribution in [1.29, 1.82) is 5.26 Å². The number of halogens is 2. The second-order valence-electron chi connectivity index (χ2n) is 10.3. The van der Waals surface area contributed by atoms with Gasteiger partial charge in [0.05, 0.1) is 30.7 Å². The standard InChI is InChI=1S/C31H30Cl2N2O3/c1-3-31-13-12-24(28(18-4-8-22(32)9-5-18)29(31)26(17-36)35-30(31)37)23-10-6-20(15-25(23)33)19-7-11-27(38-2)21(14-19)16-34/h4-11,14-15,24,26,28-29,36H,3,12-13,17H2,1-2H3,(H,35,37)/t24-,26+,28-,29-,31+/m0/s1. The van der Waals surface area contributed by atoms with Crippen molar-refractivity contribution in [2.45, 2.75) is 44.1 Å². The minimum atomic E-state index is -0.530. The van der Waals surface area contributed by atoms with E-state index < -0.39 is 5.41 Å². The molecule has 1 aliphatic heterocycles. The third kappa shape index (κ3) is 4.35. The zero-order valence-electron chi connectivity index (χ0n) is 21.4. The van der Waals surface area contributed by atoms with Crippen LogP contribution in [-0.4, -0.2) is 30.8 Å². The fourth-order valence-corrected chi connectivity index (χ4v) is 7.29. The highest BCUT2D eigenvalue weighted by Crippen LogP contribution is 2.60. The number of nitrogens with one attached hydrogen (secondary N) is 1. The van der Waals surface area contributed by atoms with E-state index in [0.29, 0.717) is 27.8 Å². The highest BCUT2D eigenvalue weighted by Gasteiger charge is 2.60. The van der Waals surface area contributed by atoms with Gasteiger partial charge in [-0.25, -0.2) is 0 Å². The fourth-order valence-electron chi connectivity index (χ4n) is 6.84. The van der Waals surface area contributed by atoms with E-state index in [9.17, 15) is 15.2 Å². The van der Waals surface area contributed by atoms with Crippen molar-refractivity contribution in [2.24, 2.45) is 11.3 Å². The molecule has 5 nitrogen and oxygen atoms in total. The van der Waals surface area contributed by atoms with Crippen LogP contribution in [-0.2, 0) is 4.79 Å². The molecule has 196 valence electrons. The van der Waals surface area contributed by atoms with Gasteiger partial charge in [-0.1, -0.05) is 60.5 Å². The molecular weight excluding hydrogens is 519 g/mol. The Hall–Kier alpha value is -3.04. The van der Waals surface area contributed by atoms with Crippen molar-refractivity contribution in [2.75, 3.05) is 13.7 Å². The lowest BCUT2D eigenvalue weighted by Gasteiger charge is -2.48. The average Bonchev–Trinajstić information content (AvgIpc) is 3.24. The summed E-state index contributed by atoms with van der Waals surface area (Å²) >= 11 is 13.2. The first-order valence-electron chi connectivity index (χ1n) is 12.9. The molecule has 38 heavy (non-hydrogen) atoms. The summed E-state index contributed by atoms with van der Waals surface area (Å²) in [5, 5.41) is 24.2. The highest BCUT2D eigenvalue weighted by molar-refractivity contribution is 6.31. The molecule has 0 aromatic heterocycles. The molecule has 2 aliphatic rings. The van der Waals surface area contributed by atoms with Gasteiger partial charge in [0.15, 0.2) is 0 Å². The largest absolute Gasteiger partial charge is 0.495 e. The quantitative estimate of drug-likeness (QED) is 0.358. The van der Waals surface area contributed by atoms with Gasteiger partial charge in [-0.2, -0.15) is 5.26 Å². The molecule has 1 aliphatic carbocycles. The molecule has 5 rings (SSSR count). The Balaban J connectivity index is 1.59. The molecule has 1 heterocycles. The zero-order chi connectivity index (χ0) is 27.0.